The van der Waals surface area contributed by atoms with E-state index < -0.39 is 0 Å². The smallest absolute Gasteiger partial charge is 0.309 e. The van der Waals surface area contributed by atoms with Crippen LogP contribution in [0.2, 0.25) is 0 Å². The molecule has 0 aromatic carbocycles. The Morgan fingerprint density at radius 2 is 1.81 bits per heavy atom. The molecule has 2 atom stereocenters. The lowest BCUT2D eigenvalue weighted by Crippen LogP contribution is -2.10. The Morgan fingerprint density at radius 3 is 2.54 bits per heavy atom. The summed E-state index contributed by atoms with van der Waals surface area (Å²) in [6.45, 7) is 3.68. The summed E-state index contributed by atoms with van der Waals surface area (Å²) >= 11 is 0. The van der Waals surface area contributed by atoms with Crippen molar-refractivity contribution < 1.29 is 14.6 Å². The van der Waals surface area contributed by atoms with Gasteiger partial charge in [0.1, 0.15) is 6.10 Å². The maximum Gasteiger partial charge on any atom is 0.309 e. The largest absolute Gasteiger partial charge is 0.460 e. The number of cyclic esters (lactones) is 1. The Hall–Kier alpha value is -1.53. The van der Waals surface area contributed by atoms with Crippen LogP contribution in [0.15, 0.2) is 24.8 Å². The number of hydrogen-bond donors (Lipinski definition) is 1. The van der Waals surface area contributed by atoms with E-state index in [-0.39, 0.29) is 24.6 Å². The highest BCUT2D eigenvalue weighted by Gasteiger charge is 2.33. The summed E-state index contributed by atoms with van der Waals surface area (Å²) in [5.41, 5.74) is 0. The molecule has 0 aliphatic carbocycles. The Balaban J connectivity index is 1.86. The summed E-state index contributed by atoms with van der Waals surface area (Å²) in [6.07, 6.45) is 20.2. The molecule has 1 aliphatic rings. The van der Waals surface area contributed by atoms with E-state index in [1.54, 1.807) is 0 Å². The number of allylic oxidation sites excluding steroid dienone is 3. The molecular formula is C23H36O3. The van der Waals surface area contributed by atoms with E-state index in [1.165, 1.54) is 44.9 Å². The molecule has 0 aromatic rings. The van der Waals surface area contributed by atoms with E-state index in [0.717, 1.165) is 32.1 Å². The van der Waals surface area contributed by atoms with Crippen LogP contribution in [0, 0.1) is 17.8 Å². The predicted molar refractivity (Wildman–Crippen MR) is 108 cm³/mol. The molecule has 26 heavy (non-hydrogen) atoms. The molecule has 1 saturated heterocycles. The van der Waals surface area contributed by atoms with Crippen LogP contribution in [0.4, 0.5) is 0 Å². The van der Waals surface area contributed by atoms with Crippen LogP contribution in [0.3, 0.4) is 0 Å². The van der Waals surface area contributed by atoms with Gasteiger partial charge in [0.25, 0.3) is 0 Å². The zero-order chi connectivity index (χ0) is 18.9. The van der Waals surface area contributed by atoms with Crippen molar-refractivity contribution in [2.24, 2.45) is 5.92 Å². The minimum atomic E-state index is -0.263. The first-order valence-electron chi connectivity index (χ1n) is 10.3. The Labute approximate surface area is 159 Å². The van der Waals surface area contributed by atoms with Crippen LogP contribution < -0.4 is 0 Å². The zero-order valence-electron chi connectivity index (χ0n) is 16.3. The lowest BCUT2D eigenvalue weighted by atomic mass is 9.97. The molecule has 2 unspecified atom stereocenters. The average Bonchev–Trinajstić information content (AvgIpc) is 3.01. The molecule has 1 rings (SSSR count). The summed E-state index contributed by atoms with van der Waals surface area (Å²) in [6, 6.07) is 0. The third kappa shape index (κ3) is 11.2. The molecule has 3 heteroatoms. The molecule has 146 valence electrons. The molecule has 1 fully saturated rings. The number of aliphatic hydroxyl groups excluding tert-OH is 1. The number of rotatable bonds is 14. The van der Waals surface area contributed by atoms with Crippen LogP contribution in [0.1, 0.15) is 83.5 Å². The fraction of sp³-hybridized carbons (Fsp3) is 0.696. The van der Waals surface area contributed by atoms with Crippen molar-refractivity contribution in [1.29, 1.82) is 0 Å². The van der Waals surface area contributed by atoms with Gasteiger partial charge in [-0.25, -0.2) is 0 Å². The van der Waals surface area contributed by atoms with Gasteiger partial charge >= 0.3 is 5.97 Å². The number of ether oxygens (including phenoxy) is 1. The van der Waals surface area contributed by atoms with Crippen LogP contribution in [-0.2, 0) is 9.53 Å². The Morgan fingerprint density at radius 1 is 1.08 bits per heavy atom. The topological polar surface area (TPSA) is 46.5 Å². The van der Waals surface area contributed by atoms with Gasteiger partial charge in [0.15, 0.2) is 0 Å². The van der Waals surface area contributed by atoms with Crippen LogP contribution in [-0.4, -0.2) is 23.8 Å². The SMILES string of the molecule is C=CCCCCC=CC#CCCCCCCCCC1CC(CO)OC1=O. The standard InChI is InChI=1S/C23H36O3/c1-2-3-4-5-6-7-8-9-10-11-12-13-14-15-16-17-18-21-19-22(20-24)26-23(21)25/h2,7-8,21-22,24H,1,3-6,11-20H2. The van der Waals surface area contributed by atoms with Crippen molar-refractivity contribution >= 4 is 5.97 Å². The Bertz CT molecular complexity index is 470. The van der Waals surface area contributed by atoms with E-state index in [9.17, 15) is 4.79 Å². The minimum Gasteiger partial charge on any atom is -0.460 e. The maximum absolute atomic E-state index is 11.6. The number of aliphatic hydroxyl groups is 1. The third-order valence-corrected chi connectivity index (χ3v) is 4.80. The van der Waals surface area contributed by atoms with Gasteiger partial charge in [0.2, 0.25) is 0 Å². The van der Waals surface area contributed by atoms with Crippen molar-refractivity contribution in [3.63, 3.8) is 0 Å². The molecule has 1 aliphatic heterocycles. The summed E-state index contributed by atoms with van der Waals surface area (Å²) in [5, 5.41) is 9.02. The van der Waals surface area contributed by atoms with Gasteiger partial charge in [-0.2, -0.15) is 0 Å². The van der Waals surface area contributed by atoms with Gasteiger partial charge in [-0.05, 0) is 51.0 Å². The van der Waals surface area contributed by atoms with Crippen LogP contribution >= 0.6 is 0 Å². The number of esters is 1. The monoisotopic (exact) mass is 360 g/mol. The predicted octanol–water partition coefficient (Wildman–Crippen LogP) is 5.34. The molecule has 0 spiro atoms. The molecule has 1 N–H and O–H groups in total. The average molecular weight is 361 g/mol. The van der Waals surface area contributed by atoms with Crippen molar-refractivity contribution in [3.8, 4) is 11.8 Å². The highest BCUT2D eigenvalue weighted by Crippen LogP contribution is 2.26. The number of hydrogen-bond acceptors (Lipinski definition) is 3. The van der Waals surface area contributed by atoms with Gasteiger partial charge in [-0.3, -0.25) is 4.79 Å². The summed E-state index contributed by atoms with van der Waals surface area (Å²) in [5.74, 6) is 6.23. The minimum absolute atomic E-state index is 0.0115. The molecular weight excluding hydrogens is 324 g/mol. The first-order chi connectivity index (χ1) is 12.8. The van der Waals surface area contributed by atoms with E-state index >= 15 is 0 Å². The quantitative estimate of drug-likeness (QED) is 0.197. The first kappa shape index (κ1) is 22.5. The molecule has 0 amide bonds. The maximum atomic E-state index is 11.6. The number of carbonyl (C=O) groups is 1. The van der Waals surface area contributed by atoms with E-state index in [4.69, 9.17) is 9.84 Å². The molecule has 1 heterocycles. The lowest BCUT2D eigenvalue weighted by Gasteiger charge is -2.05. The molecule has 0 aromatic heterocycles. The Kier molecular flexibility index (Phi) is 13.6. The van der Waals surface area contributed by atoms with Gasteiger partial charge in [-0.1, -0.05) is 56.1 Å². The molecule has 0 saturated carbocycles. The van der Waals surface area contributed by atoms with E-state index in [0.29, 0.717) is 6.42 Å². The van der Waals surface area contributed by atoms with Crippen molar-refractivity contribution in [2.45, 2.75) is 89.6 Å². The van der Waals surface area contributed by atoms with Gasteiger partial charge in [0.05, 0.1) is 12.5 Å². The normalized spacial score (nSPS) is 19.3. The van der Waals surface area contributed by atoms with E-state index in [2.05, 4.69) is 24.5 Å². The first-order valence-corrected chi connectivity index (χ1v) is 10.3. The second kappa shape index (κ2) is 15.7. The zero-order valence-corrected chi connectivity index (χ0v) is 16.3. The second-order valence-corrected chi connectivity index (χ2v) is 7.13. The molecule has 0 radical (unpaired) electrons. The summed E-state index contributed by atoms with van der Waals surface area (Å²) in [7, 11) is 0. The fourth-order valence-electron chi connectivity index (χ4n) is 3.21. The van der Waals surface area contributed by atoms with E-state index in [1.807, 2.05) is 12.2 Å². The number of unbranched alkanes of at least 4 members (excludes halogenated alkanes) is 9. The molecule has 0 bridgehead atoms. The number of carbonyl (C=O) groups excluding carboxylic acids is 1. The molecule has 3 nitrogen and oxygen atoms in total. The van der Waals surface area contributed by atoms with Crippen molar-refractivity contribution in [3.05, 3.63) is 24.8 Å². The third-order valence-electron chi connectivity index (χ3n) is 4.80. The second-order valence-electron chi connectivity index (χ2n) is 7.13. The van der Waals surface area contributed by atoms with Crippen molar-refractivity contribution in [2.75, 3.05) is 6.61 Å². The van der Waals surface area contributed by atoms with Gasteiger partial charge in [-0.15, -0.1) is 6.58 Å². The highest BCUT2D eigenvalue weighted by atomic mass is 16.6. The highest BCUT2D eigenvalue weighted by molar-refractivity contribution is 5.74. The lowest BCUT2D eigenvalue weighted by molar-refractivity contribution is -0.145. The van der Waals surface area contributed by atoms with Crippen LogP contribution in [0.25, 0.3) is 0 Å². The fourth-order valence-corrected chi connectivity index (χ4v) is 3.21. The summed E-state index contributed by atoms with van der Waals surface area (Å²) in [4.78, 5) is 11.6. The van der Waals surface area contributed by atoms with Gasteiger partial charge in [0, 0.05) is 6.42 Å². The van der Waals surface area contributed by atoms with Crippen LogP contribution in [0.5, 0.6) is 0 Å². The van der Waals surface area contributed by atoms with Crippen molar-refractivity contribution in [1.82, 2.24) is 0 Å². The summed E-state index contributed by atoms with van der Waals surface area (Å²) < 4.78 is 5.09. The van der Waals surface area contributed by atoms with Gasteiger partial charge < -0.3 is 9.84 Å².